The number of aliphatic hydroxyl groups is 1. The van der Waals surface area contributed by atoms with Gasteiger partial charge in [-0.25, -0.2) is 0 Å². The van der Waals surface area contributed by atoms with Gasteiger partial charge < -0.3 is 10.8 Å². The molecule has 0 saturated heterocycles. The van der Waals surface area contributed by atoms with E-state index in [-0.39, 0.29) is 6.10 Å². The Bertz CT molecular complexity index is 217. The Labute approximate surface area is 118 Å². The van der Waals surface area contributed by atoms with E-state index >= 15 is 0 Å². The Morgan fingerprint density at radius 1 is 0.895 bits per heavy atom. The molecule has 0 aromatic carbocycles. The number of rotatable bonds is 6. The molecule has 0 heterocycles. The third kappa shape index (κ3) is 4.73. The molecule has 2 aliphatic rings. The first-order valence-electron chi connectivity index (χ1n) is 8.45. The molecule has 2 fully saturated rings. The van der Waals surface area contributed by atoms with Crippen molar-refractivity contribution in [2.45, 2.75) is 88.8 Å². The van der Waals surface area contributed by atoms with Gasteiger partial charge >= 0.3 is 0 Å². The summed E-state index contributed by atoms with van der Waals surface area (Å²) in [5.74, 6) is 0. The van der Waals surface area contributed by atoms with E-state index < -0.39 is 0 Å². The number of hydrogen-bond acceptors (Lipinski definition) is 3. The molecule has 0 bridgehead atoms. The molecule has 1 unspecified atom stereocenters. The van der Waals surface area contributed by atoms with Crippen LogP contribution in [0.3, 0.4) is 0 Å². The molecule has 0 radical (unpaired) electrons. The van der Waals surface area contributed by atoms with E-state index in [1.54, 1.807) is 0 Å². The molecule has 19 heavy (non-hydrogen) atoms. The van der Waals surface area contributed by atoms with Crippen LogP contribution in [-0.4, -0.2) is 41.3 Å². The van der Waals surface area contributed by atoms with E-state index in [4.69, 9.17) is 5.73 Å². The largest absolute Gasteiger partial charge is 0.392 e. The number of hydrogen-bond donors (Lipinski definition) is 2. The normalized spacial score (nSPS) is 24.8. The minimum absolute atomic E-state index is 0.310. The second kappa shape index (κ2) is 8.23. The quantitative estimate of drug-likeness (QED) is 0.778. The Kier molecular flexibility index (Phi) is 6.62. The molecular formula is C16H32N2O. The highest BCUT2D eigenvalue weighted by atomic mass is 16.3. The van der Waals surface area contributed by atoms with Gasteiger partial charge in [0.2, 0.25) is 0 Å². The Hall–Kier alpha value is -0.120. The maximum Gasteiger partial charge on any atom is 0.0674 e. The number of nitrogens with two attached hydrogens (primary N) is 1. The molecule has 1 atom stereocenters. The van der Waals surface area contributed by atoms with Gasteiger partial charge in [-0.15, -0.1) is 0 Å². The summed E-state index contributed by atoms with van der Waals surface area (Å²) >= 11 is 0. The predicted molar refractivity (Wildman–Crippen MR) is 80.1 cm³/mol. The van der Waals surface area contributed by atoms with Crippen LogP contribution in [0.25, 0.3) is 0 Å². The SMILES string of the molecule is NCC(O)CCN(C1CCCCC1)C1CCCCC1. The van der Waals surface area contributed by atoms with Crippen molar-refractivity contribution in [3.05, 3.63) is 0 Å². The van der Waals surface area contributed by atoms with Crippen molar-refractivity contribution in [1.29, 1.82) is 0 Å². The van der Waals surface area contributed by atoms with Crippen LogP contribution in [0, 0.1) is 0 Å². The smallest absolute Gasteiger partial charge is 0.0674 e. The van der Waals surface area contributed by atoms with Gasteiger partial charge in [-0.1, -0.05) is 38.5 Å². The zero-order valence-electron chi connectivity index (χ0n) is 12.4. The van der Waals surface area contributed by atoms with Crippen molar-refractivity contribution in [3.8, 4) is 0 Å². The minimum Gasteiger partial charge on any atom is -0.392 e. The first-order chi connectivity index (χ1) is 9.31. The van der Waals surface area contributed by atoms with E-state index in [1.165, 1.54) is 64.2 Å². The third-order valence-corrected chi connectivity index (χ3v) is 5.08. The van der Waals surface area contributed by atoms with Crippen molar-refractivity contribution in [3.63, 3.8) is 0 Å². The van der Waals surface area contributed by atoms with Crippen LogP contribution in [0.4, 0.5) is 0 Å². The average Bonchev–Trinajstić information content (AvgIpc) is 2.49. The Morgan fingerprint density at radius 2 is 1.37 bits per heavy atom. The molecule has 3 N–H and O–H groups in total. The van der Waals surface area contributed by atoms with Crippen LogP contribution in [0.1, 0.15) is 70.6 Å². The van der Waals surface area contributed by atoms with Gasteiger partial charge in [0.15, 0.2) is 0 Å². The summed E-state index contributed by atoms with van der Waals surface area (Å²) in [7, 11) is 0. The lowest BCUT2D eigenvalue weighted by Gasteiger charge is -2.42. The fourth-order valence-electron chi connectivity index (χ4n) is 3.90. The zero-order valence-corrected chi connectivity index (χ0v) is 12.4. The fourth-order valence-corrected chi connectivity index (χ4v) is 3.90. The zero-order chi connectivity index (χ0) is 13.5. The van der Waals surface area contributed by atoms with Crippen LogP contribution in [0.15, 0.2) is 0 Å². The number of nitrogens with zero attached hydrogens (tertiary/aromatic N) is 1. The molecule has 0 aliphatic heterocycles. The van der Waals surface area contributed by atoms with Gasteiger partial charge in [0.25, 0.3) is 0 Å². The first-order valence-corrected chi connectivity index (χ1v) is 8.45. The maximum absolute atomic E-state index is 9.75. The predicted octanol–water partition coefficient (Wildman–Crippen LogP) is 2.66. The summed E-state index contributed by atoms with van der Waals surface area (Å²) in [6.45, 7) is 1.46. The molecule has 3 heteroatoms. The molecule has 0 aromatic rings. The van der Waals surface area contributed by atoms with E-state index in [0.717, 1.165) is 25.0 Å². The topological polar surface area (TPSA) is 49.5 Å². The summed E-state index contributed by atoms with van der Waals surface area (Å²) in [5, 5.41) is 9.75. The summed E-state index contributed by atoms with van der Waals surface area (Å²) in [5.41, 5.74) is 5.55. The van der Waals surface area contributed by atoms with Crippen molar-refractivity contribution in [2.75, 3.05) is 13.1 Å². The van der Waals surface area contributed by atoms with Gasteiger partial charge in [0.05, 0.1) is 6.10 Å². The van der Waals surface area contributed by atoms with Crippen LogP contribution in [0.5, 0.6) is 0 Å². The number of aliphatic hydroxyl groups excluding tert-OH is 1. The second-order valence-corrected chi connectivity index (χ2v) is 6.50. The molecule has 2 aliphatic carbocycles. The molecule has 0 amide bonds. The molecule has 0 aromatic heterocycles. The van der Waals surface area contributed by atoms with E-state index in [1.807, 2.05) is 0 Å². The Morgan fingerprint density at radius 3 is 1.79 bits per heavy atom. The van der Waals surface area contributed by atoms with Crippen molar-refractivity contribution >= 4 is 0 Å². The lowest BCUT2D eigenvalue weighted by molar-refractivity contribution is 0.0608. The molecular weight excluding hydrogens is 236 g/mol. The molecule has 2 rings (SSSR count). The van der Waals surface area contributed by atoms with Crippen LogP contribution >= 0.6 is 0 Å². The molecule has 2 saturated carbocycles. The highest BCUT2D eigenvalue weighted by Gasteiger charge is 2.28. The van der Waals surface area contributed by atoms with Crippen molar-refractivity contribution in [1.82, 2.24) is 4.90 Å². The van der Waals surface area contributed by atoms with Gasteiger partial charge in [0, 0.05) is 25.2 Å². The summed E-state index contributed by atoms with van der Waals surface area (Å²) in [6.07, 6.45) is 14.4. The molecule has 3 nitrogen and oxygen atoms in total. The lowest BCUT2D eigenvalue weighted by Crippen LogP contribution is -2.46. The third-order valence-electron chi connectivity index (χ3n) is 5.08. The lowest BCUT2D eigenvalue weighted by atomic mass is 9.88. The summed E-state index contributed by atoms with van der Waals surface area (Å²) in [6, 6.07) is 1.56. The van der Waals surface area contributed by atoms with Gasteiger partial charge in [-0.05, 0) is 32.1 Å². The molecule has 112 valence electrons. The summed E-state index contributed by atoms with van der Waals surface area (Å²) < 4.78 is 0. The average molecular weight is 268 g/mol. The van der Waals surface area contributed by atoms with Gasteiger partial charge in [-0.3, -0.25) is 4.90 Å². The monoisotopic (exact) mass is 268 g/mol. The Balaban J connectivity index is 1.90. The summed E-state index contributed by atoms with van der Waals surface area (Å²) in [4.78, 5) is 2.75. The fraction of sp³-hybridized carbons (Fsp3) is 1.00. The van der Waals surface area contributed by atoms with E-state index in [2.05, 4.69) is 4.90 Å². The van der Waals surface area contributed by atoms with Crippen molar-refractivity contribution < 1.29 is 5.11 Å². The van der Waals surface area contributed by atoms with E-state index in [0.29, 0.717) is 6.54 Å². The standard InChI is InChI=1S/C16H32N2O/c17-13-16(19)11-12-18(14-7-3-1-4-8-14)15-9-5-2-6-10-15/h14-16,19H,1-13,17H2. The highest BCUT2D eigenvalue weighted by molar-refractivity contribution is 4.84. The van der Waals surface area contributed by atoms with Crippen LogP contribution < -0.4 is 5.73 Å². The van der Waals surface area contributed by atoms with Crippen molar-refractivity contribution in [2.24, 2.45) is 5.73 Å². The van der Waals surface area contributed by atoms with Gasteiger partial charge in [0.1, 0.15) is 0 Å². The van der Waals surface area contributed by atoms with Crippen LogP contribution in [0.2, 0.25) is 0 Å². The van der Waals surface area contributed by atoms with Gasteiger partial charge in [-0.2, -0.15) is 0 Å². The van der Waals surface area contributed by atoms with Crippen LogP contribution in [-0.2, 0) is 0 Å². The highest BCUT2D eigenvalue weighted by Crippen LogP contribution is 2.30. The second-order valence-electron chi connectivity index (χ2n) is 6.50. The maximum atomic E-state index is 9.75. The minimum atomic E-state index is -0.310. The molecule has 0 spiro atoms. The van der Waals surface area contributed by atoms with E-state index in [9.17, 15) is 5.11 Å². The first kappa shape index (κ1) is 15.3.